The molecule has 0 aliphatic heterocycles. The molecule has 214 valence electrons. The Balaban J connectivity index is 1.92. The summed E-state index contributed by atoms with van der Waals surface area (Å²) in [5.74, 6) is -0.620. The van der Waals surface area contributed by atoms with Gasteiger partial charge in [-0.05, 0) is 46.0 Å². The summed E-state index contributed by atoms with van der Waals surface area (Å²) in [6, 6.07) is 23.5. The second kappa shape index (κ2) is 11.2. The molecule has 5 rings (SSSR count). The Kier molecular flexibility index (Phi) is 7.22. The molecule has 0 unspecified atom stereocenters. The number of nitriles is 9. The fourth-order valence-electron chi connectivity index (χ4n) is 5.71. The van der Waals surface area contributed by atoms with Crippen molar-refractivity contribution in [2.45, 2.75) is 6.36 Å². The molecule has 0 saturated heterocycles. The van der Waals surface area contributed by atoms with Crippen molar-refractivity contribution in [3.05, 3.63) is 97.6 Å². The molecule has 2 aliphatic carbocycles. The summed E-state index contributed by atoms with van der Waals surface area (Å²) in [5.41, 5.74) is -3.29. The third-order valence-electron chi connectivity index (χ3n) is 7.37. The number of rotatable bonds is 2. The van der Waals surface area contributed by atoms with Crippen LogP contribution in [-0.2, 0) is 0 Å². The van der Waals surface area contributed by atoms with E-state index in [1.54, 1.807) is 48.6 Å². The number of hydrogen-bond acceptors (Lipinski definition) is 10. The first-order chi connectivity index (χ1) is 22.6. The molecule has 47 heavy (non-hydrogen) atoms. The maximum Gasteiger partial charge on any atom is 0.573 e. The normalized spacial score (nSPS) is 11.8. The van der Waals surface area contributed by atoms with Crippen molar-refractivity contribution in [3.63, 3.8) is 0 Å². The van der Waals surface area contributed by atoms with Crippen LogP contribution >= 0.6 is 0 Å². The zero-order valence-corrected chi connectivity index (χ0v) is 23.0. The van der Waals surface area contributed by atoms with Gasteiger partial charge in [-0.1, -0.05) is 18.2 Å². The highest BCUT2D eigenvalue weighted by Gasteiger charge is 2.39. The molecule has 0 heterocycles. The smallest absolute Gasteiger partial charge is 0.406 e. The maximum absolute atomic E-state index is 13.0. The van der Waals surface area contributed by atoms with Gasteiger partial charge < -0.3 is 4.74 Å². The van der Waals surface area contributed by atoms with Gasteiger partial charge in [-0.3, -0.25) is 0 Å². The highest BCUT2D eigenvalue weighted by Crippen LogP contribution is 2.54. The van der Waals surface area contributed by atoms with Crippen LogP contribution in [0.5, 0.6) is 5.75 Å². The predicted molar refractivity (Wildman–Crippen MR) is 152 cm³/mol. The van der Waals surface area contributed by atoms with E-state index < -0.39 is 45.5 Å². The van der Waals surface area contributed by atoms with Crippen molar-refractivity contribution >= 4 is 22.3 Å². The van der Waals surface area contributed by atoms with Crippen LogP contribution in [0.4, 0.5) is 13.2 Å². The summed E-state index contributed by atoms with van der Waals surface area (Å²) >= 11 is 0. The number of nitrogens with zero attached hydrogens (tertiary/aromatic N) is 9. The predicted octanol–water partition coefficient (Wildman–Crippen LogP) is 6.15. The summed E-state index contributed by atoms with van der Waals surface area (Å²) in [7, 11) is 0. The average molecular weight is 613 g/mol. The number of ether oxygens (including phenoxy) is 1. The minimum absolute atomic E-state index is 0.0579. The topological polar surface area (TPSA) is 223 Å². The number of benzene rings is 3. The number of allylic oxidation sites excluding steroid dienone is 5. The first-order valence-electron chi connectivity index (χ1n) is 12.7. The van der Waals surface area contributed by atoms with Gasteiger partial charge in [0.25, 0.3) is 0 Å². The van der Waals surface area contributed by atoms with Crippen molar-refractivity contribution in [1.82, 2.24) is 0 Å². The lowest BCUT2D eigenvalue weighted by molar-refractivity contribution is -0.274. The lowest BCUT2D eigenvalue weighted by Gasteiger charge is -2.13. The van der Waals surface area contributed by atoms with Crippen LogP contribution in [0.1, 0.15) is 50.1 Å². The Labute approximate surface area is 262 Å². The minimum Gasteiger partial charge on any atom is -0.406 e. The van der Waals surface area contributed by atoms with Gasteiger partial charge in [-0.15, -0.1) is 13.2 Å². The van der Waals surface area contributed by atoms with Gasteiger partial charge in [0.2, 0.25) is 0 Å². The lowest BCUT2D eigenvalue weighted by Crippen LogP contribution is -2.17. The van der Waals surface area contributed by atoms with Crippen LogP contribution in [0.2, 0.25) is 0 Å². The second-order valence-electron chi connectivity index (χ2n) is 9.52. The fraction of sp³-hybridized carbons (Fsp3) is 0.0294. The largest absolute Gasteiger partial charge is 0.573 e. The first kappa shape index (κ1) is 30.3. The summed E-state index contributed by atoms with van der Waals surface area (Å²) in [5, 5.41) is 89.6. The average Bonchev–Trinajstić information content (AvgIpc) is 3.56. The minimum atomic E-state index is -5.04. The number of hydrogen-bond donors (Lipinski definition) is 0. The quantitative estimate of drug-likeness (QED) is 0.234. The van der Waals surface area contributed by atoms with Crippen molar-refractivity contribution in [1.29, 1.82) is 47.4 Å². The van der Waals surface area contributed by atoms with Gasteiger partial charge in [0.05, 0.1) is 27.8 Å². The van der Waals surface area contributed by atoms with E-state index in [-0.39, 0.29) is 50.1 Å². The van der Waals surface area contributed by atoms with E-state index in [2.05, 4.69) is 4.74 Å². The van der Waals surface area contributed by atoms with Crippen molar-refractivity contribution in [2.75, 3.05) is 0 Å². The Hall–Kier alpha value is -8.12. The Morgan fingerprint density at radius 3 is 1.51 bits per heavy atom. The number of halogens is 3. The fourth-order valence-corrected chi connectivity index (χ4v) is 5.71. The van der Waals surface area contributed by atoms with Crippen molar-refractivity contribution in [3.8, 4) is 71.5 Å². The van der Waals surface area contributed by atoms with E-state index in [9.17, 15) is 60.5 Å². The van der Waals surface area contributed by atoms with Crippen LogP contribution in [0.25, 0.3) is 33.4 Å². The standard InChI is InChI=1S/C34H6F3N9O/c35-34(36,37)47-19-2-4-21-20-3-1-16(5-22(20)29(23(21)6-19)17(7-38)8-39)30-28(15-46)32-26(13-44)24(11-42)25(12-43)27(14-45)33(32)31(30)18(9-40)10-41/h1-6H. The summed E-state index contributed by atoms with van der Waals surface area (Å²) < 4.78 is 43.1. The molecule has 3 aromatic carbocycles. The van der Waals surface area contributed by atoms with Crippen LogP contribution in [0, 0.1) is 102 Å². The van der Waals surface area contributed by atoms with Crippen molar-refractivity contribution < 1.29 is 17.9 Å². The van der Waals surface area contributed by atoms with Crippen LogP contribution in [0.15, 0.2) is 47.5 Å². The van der Waals surface area contributed by atoms with E-state index >= 15 is 0 Å². The zero-order chi connectivity index (χ0) is 34.2. The first-order valence-corrected chi connectivity index (χ1v) is 12.7. The highest BCUT2D eigenvalue weighted by molar-refractivity contribution is 6.27. The monoisotopic (exact) mass is 613 g/mol. The molecule has 0 amide bonds. The molecule has 13 heteroatoms. The Morgan fingerprint density at radius 1 is 0.532 bits per heavy atom. The maximum atomic E-state index is 13.0. The molecular formula is C34H6F3N9O. The number of fused-ring (bicyclic) bond motifs is 4. The molecule has 0 fully saturated rings. The van der Waals surface area contributed by atoms with E-state index in [4.69, 9.17) is 0 Å². The third-order valence-corrected chi connectivity index (χ3v) is 7.37. The molecule has 0 saturated carbocycles. The van der Waals surface area contributed by atoms with Crippen LogP contribution in [0.3, 0.4) is 0 Å². The van der Waals surface area contributed by atoms with Gasteiger partial charge in [0, 0.05) is 27.8 Å². The van der Waals surface area contributed by atoms with E-state index in [0.29, 0.717) is 11.1 Å². The van der Waals surface area contributed by atoms with Crippen molar-refractivity contribution in [2.24, 2.45) is 0 Å². The Bertz CT molecular complexity index is 2490. The van der Waals surface area contributed by atoms with Gasteiger partial charge in [0.15, 0.2) is 0 Å². The molecule has 2 aliphatic rings. The zero-order valence-electron chi connectivity index (χ0n) is 23.0. The molecule has 3 aromatic rings. The summed E-state index contributed by atoms with van der Waals surface area (Å²) in [6.07, 6.45) is -5.04. The second-order valence-corrected chi connectivity index (χ2v) is 9.52. The van der Waals surface area contributed by atoms with Gasteiger partial charge in [-0.2, -0.15) is 47.4 Å². The Morgan fingerprint density at radius 2 is 1.02 bits per heavy atom. The van der Waals surface area contributed by atoms with E-state index in [0.717, 1.165) is 12.1 Å². The lowest BCUT2D eigenvalue weighted by atomic mass is 9.85. The summed E-state index contributed by atoms with van der Waals surface area (Å²) in [6.45, 7) is 0. The molecular weight excluding hydrogens is 607 g/mol. The van der Waals surface area contributed by atoms with Gasteiger partial charge in [0.1, 0.15) is 71.5 Å². The molecule has 0 atom stereocenters. The van der Waals surface area contributed by atoms with Gasteiger partial charge >= 0.3 is 6.36 Å². The molecule has 0 N–H and O–H groups in total. The van der Waals surface area contributed by atoms with E-state index in [1.165, 1.54) is 24.3 Å². The molecule has 0 aromatic heterocycles. The SMILES string of the molecule is N#CC(C#N)=C1c2cc(OC(F)(F)F)ccc2-c2ccc(C3=C(C#N)c4c(C#N)c(C#N)c(C#N)c(C#N)c4C3=C(C#N)C#N)cc21. The third kappa shape index (κ3) is 4.43. The molecule has 0 spiro atoms. The molecule has 10 nitrogen and oxygen atoms in total. The van der Waals surface area contributed by atoms with E-state index in [1.807, 2.05) is 6.07 Å². The van der Waals surface area contributed by atoms with Crippen LogP contribution < -0.4 is 4.74 Å². The summed E-state index contributed by atoms with van der Waals surface area (Å²) in [4.78, 5) is 0. The molecule has 0 bridgehead atoms. The van der Waals surface area contributed by atoms with Gasteiger partial charge in [-0.25, -0.2) is 0 Å². The van der Waals surface area contributed by atoms with Crippen LogP contribution in [-0.4, -0.2) is 6.36 Å². The molecule has 0 radical (unpaired) electrons. The number of alkyl halides is 3. The highest BCUT2D eigenvalue weighted by atomic mass is 19.4.